The second-order valence-corrected chi connectivity index (χ2v) is 7.96. The Bertz CT molecular complexity index is 991. The molecule has 0 spiro atoms. The standard InChI is InChI=1S/C20H19FN2O2S/c1-16-6-2-3-8-18(16)15-23(14-17-7-5-11-22-13-17)26(24,25)20-10-4-9-19(21)12-20/h2-13H,14-15H2,1H3. The number of aromatic nitrogens is 1. The highest BCUT2D eigenvalue weighted by Crippen LogP contribution is 2.22. The lowest BCUT2D eigenvalue weighted by molar-refractivity contribution is 0.399. The van der Waals surface area contributed by atoms with Crippen LogP contribution in [0.4, 0.5) is 4.39 Å². The van der Waals surface area contributed by atoms with E-state index in [2.05, 4.69) is 4.98 Å². The van der Waals surface area contributed by atoms with Crippen molar-refractivity contribution in [1.82, 2.24) is 9.29 Å². The van der Waals surface area contributed by atoms with Crippen LogP contribution in [0.5, 0.6) is 0 Å². The number of nitrogens with zero attached hydrogens (tertiary/aromatic N) is 2. The number of rotatable bonds is 6. The van der Waals surface area contributed by atoms with Crippen molar-refractivity contribution in [3.8, 4) is 0 Å². The minimum absolute atomic E-state index is 0.0602. The third-order valence-corrected chi connectivity index (χ3v) is 5.91. The van der Waals surface area contributed by atoms with Crippen molar-refractivity contribution >= 4 is 10.0 Å². The fraction of sp³-hybridized carbons (Fsp3) is 0.150. The summed E-state index contributed by atoms with van der Waals surface area (Å²) in [5.74, 6) is -0.580. The highest BCUT2D eigenvalue weighted by molar-refractivity contribution is 7.89. The van der Waals surface area contributed by atoms with Crippen LogP contribution in [0.3, 0.4) is 0 Å². The largest absolute Gasteiger partial charge is 0.264 e. The Balaban J connectivity index is 2.00. The zero-order valence-electron chi connectivity index (χ0n) is 14.3. The van der Waals surface area contributed by atoms with Gasteiger partial charge in [-0.05, 0) is 47.9 Å². The van der Waals surface area contributed by atoms with E-state index in [1.54, 1.807) is 18.5 Å². The SMILES string of the molecule is Cc1ccccc1CN(Cc1cccnc1)S(=O)(=O)c1cccc(F)c1. The first-order chi connectivity index (χ1) is 12.5. The quantitative estimate of drug-likeness (QED) is 0.661. The number of sulfonamides is 1. The average Bonchev–Trinajstić information content (AvgIpc) is 2.64. The van der Waals surface area contributed by atoms with E-state index in [1.807, 2.05) is 37.3 Å². The molecule has 3 aromatic rings. The maximum absolute atomic E-state index is 13.6. The molecule has 4 nitrogen and oxygen atoms in total. The van der Waals surface area contributed by atoms with Crippen LogP contribution in [0.1, 0.15) is 16.7 Å². The number of benzene rings is 2. The number of hydrogen-bond donors (Lipinski definition) is 0. The lowest BCUT2D eigenvalue weighted by Gasteiger charge is -2.23. The normalized spacial score (nSPS) is 11.7. The molecule has 0 bridgehead atoms. The first-order valence-electron chi connectivity index (χ1n) is 8.16. The van der Waals surface area contributed by atoms with E-state index in [4.69, 9.17) is 0 Å². The third kappa shape index (κ3) is 4.15. The predicted octanol–water partition coefficient (Wildman–Crippen LogP) is 3.92. The van der Waals surface area contributed by atoms with E-state index in [1.165, 1.54) is 22.5 Å². The summed E-state index contributed by atoms with van der Waals surface area (Å²) in [5.41, 5.74) is 2.66. The van der Waals surface area contributed by atoms with Gasteiger partial charge in [0, 0.05) is 25.5 Å². The molecule has 0 aliphatic heterocycles. The molecule has 0 saturated heterocycles. The number of halogens is 1. The zero-order valence-corrected chi connectivity index (χ0v) is 15.2. The zero-order chi connectivity index (χ0) is 18.6. The summed E-state index contributed by atoms with van der Waals surface area (Å²) in [5, 5.41) is 0. The number of hydrogen-bond acceptors (Lipinski definition) is 3. The molecule has 0 saturated carbocycles. The first kappa shape index (κ1) is 18.2. The Morgan fingerprint density at radius 1 is 1.00 bits per heavy atom. The van der Waals surface area contributed by atoms with Crippen LogP contribution >= 0.6 is 0 Å². The summed E-state index contributed by atoms with van der Waals surface area (Å²) in [4.78, 5) is 3.99. The van der Waals surface area contributed by atoms with Crippen LogP contribution in [-0.2, 0) is 23.1 Å². The molecule has 0 atom stereocenters. The molecule has 0 radical (unpaired) electrons. The molecule has 1 aromatic heterocycles. The van der Waals surface area contributed by atoms with E-state index in [0.717, 1.165) is 22.8 Å². The van der Waals surface area contributed by atoms with Gasteiger partial charge in [0.1, 0.15) is 5.82 Å². The Morgan fingerprint density at radius 2 is 1.81 bits per heavy atom. The van der Waals surface area contributed by atoms with Gasteiger partial charge < -0.3 is 0 Å². The summed E-state index contributed by atoms with van der Waals surface area (Å²) in [6, 6.07) is 16.3. The van der Waals surface area contributed by atoms with Gasteiger partial charge in [-0.15, -0.1) is 0 Å². The topological polar surface area (TPSA) is 50.3 Å². The van der Waals surface area contributed by atoms with Crippen LogP contribution in [0.25, 0.3) is 0 Å². The van der Waals surface area contributed by atoms with Crippen molar-refractivity contribution in [3.63, 3.8) is 0 Å². The molecule has 134 valence electrons. The fourth-order valence-corrected chi connectivity index (χ4v) is 4.11. The molecule has 6 heteroatoms. The van der Waals surface area contributed by atoms with Gasteiger partial charge >= 0.3 is 0 Å². The maximum Gasteiger partial charge on any atom is 0.243 e. The van der Waals surface area contributed by atoms with Gasteiger partial charge in [0.2, 0.25) is 10.0 Å². The molecule has 2 aromatic carbocycles. The predicted molar refractivity (Wildman–Crippen MR) is 98.2 cm³/mol. The molecule has 0 fully saturated rings. The van der Waals surface area contributed by atoms with Gasteiger partial charge in [0.05, 0.1) is 4.90 Å². The van der Waals surface area contributed by atoms with Crippen LogP contribution in [-0.4, -0.2) is 17.7 Å². The second-order valence-electron chi connectivity index (χ2n) is 6.02. The maximum atomic E-state index is 13.6. The van der Waals surface area contributed by atoms with Crippen molar-refractivity contribution in [2.75, 3.05) is 0 Å². The molecule has 0 unspecified atom stereocenters. The van der Waals surface area contributed by atoms with Gasteiger partial charge in [-0.25, -0.2) is 12.8 Å². The third-order valence-electron chi connectivity index (χ3n) is 4.12. The number of aryl methyl sites for hydroxylation is 1. The molecule has 0 aliphatic carbocycles. The molecule has 1 heterocycles. The van der Waals surface area contributed by atoms with Crippen molar-refractivity contribution in [2.45, 2.75) is 24.9 Å². The van der Waals surface area contributed by atoms with Crippen LogP contribution in [0.15, 0.2) is 78.0 Å². The van der Waals surface area contributed by atoms with Gasteiger partial charge in [0.25, 0.3) is 0 Å². The van der Waals surface area contributed by atoms with E-state index < -0.39 is 15.8 Å². The Kier molecular flexibility index (Phi) is 5.44. The average molecular weight is 370 g/mol. The first-order valence-corrected chi connectivity index (χ1v) is 9.60. The van der Waals surface area contributed by atoms with Gasteiger partial charge in [-0.1, -0.05) is 36.4 Å². The molecule has 3 rings (SSSR count). The minimum atomic E-state index is -3.87. The van der Waals surface area contributed by atoms with Gasteiger partial charge in [0.15, 0.2) is 0 Å². The van der Waals surface area contributed by atoms with Crippen molar-refractivity contribution in [2.24, 2.45) is 0 Å². The minimum Gasteiger partial charge on any atom is -0.264 e. The van der Waals surface area contributed by atoms with E-state index in [0.29, 0.717) is 0 Å². The summed E-state index contributed by atoms with van der Waals surface area (Å²) < 4.78 is 41.2. The summed E-state index contributed by atoms with van der Waals surface area (Å²) in [7, 11) is -3.87. The lowest BCUT2D eigenvalue weighted by Crippen LogP contribution is -2.30. The van der Waals surface area contributed by atoms with Crippen LogP contribution in [0, 0.1) is 12.7 Å². The van der Waals surface area contributed by atoms with Crippen molar-refractivity contribution in [3.05, 3.63) is 95.6 Å². The fourth-order valence-electron chi connectivity index (χ4n) is 2.68. The smallest absolute Gasteiger partial charge is 0.243 e. The highest BCUT2D eigenvalue weighted by Gasteiger charge is 2.26. The summed E-state index contributed by atoms with van der Waals surface area (Å²) in [6.45, 7) is 2.29. The van der Waals surface area contributed by atoms with Gasteiger partial charge in [-0.2, -0.15) is 4.31 Å². The lowest BCUT2D eigenvalue weighted by atomic mass is 10.1. The molecule has 0 amide bonds. The molecule has 26 heavy (non-hydrogen) atoms. The van der Waals surface area contributed by atoms with Crippen LogP contribution < -0.4 is 0 Å². The van der Waals surface area contributed by atoms with Crippen molar-refractivity contribution in [1.29, 1.82) is 0 Å². The highest BCUT2D eigenvalue weighted by atomic mass is 32.2. The monoisotopic (exact) mass is 370 g/mol. The molecular formula is C20H19FN2O2S. The van der Waals surface area contributed by atoms with E-state index in [9.17, 15) is 12.8 Å². The van der Waals surface area contributed by atoms with Gasteiger partial charge in [-0.3, -0.25) is 4.98 Å². The Morgan fingerprint density at radius 3 is 2.50 bits per heavy atom. The van der Waals surface area contributed by atoms with Crippen molar-refractivity contribution < 1.29 is 12.8 Å². The summed E-state index contributed by atoms with van der Waals surface area (Å²) in [6.07, 6.45) is 3.27. The Hall–Kier alpha value is -2.57. The van der Waals surface area contributed by atoms with E-state index in [-0.39, 0.29) is 18.0 Å². The van der Waals surface area contributed by atoms with E-state index >= 15 is 0 Å². The molecule has 0 N–H and O–H groups in total. The Labute approximate surface area is 153 Å². The molecular weight excluding hydrogens is 351 g/mol. The summed E-state index contributed by atoms with van der Waals surface area (Å²) >= 11 is 0. The second kappa shape index (κ2) is 7.76. The number of pyridine rings is 1. The molecule has 0 aliphatic rings. The van der Waals surface area contributed by atoms with Crippen LogP contribution in [0.2, 0.25) is 0 Å².